The lowest BCUT2D eigenvalue weighted by atomic mass is 10.2. The van der Waals surface area contributed by atoms with Crippen LogP contribution in [0.4, 0.5) is 0 Å². The summed E-state index contributed by atoms with van der Waals surface area (Å²) in [6, 6.07) is 9.76. The topological polar surface area (TPSA) is 63.2 Å². The maximum atomic E-state index is 11.1. The number of rotatable bonds is 5. The normalized spacial score (nSPS) is 10.4. The molecule has 0 bridgehead atoms. The Morgan fingerprint density at radius 3 is 2.89 bits per heavy atom. The van der Waals surface area contributed by atoms with E-state index in [1.54, 1.807) is 14.2 Å². The Morgan fingerprint density at radius 1 is 1.32 bits per heavy atom. The van der Waals surface area contributed by atoms with Crippen molar-refractivity contribution < 1.29 is 9.53 Å². The lowest BCUT2D eigenvalue weighted by Crippen LogP contribution is -2.31. The number of hydrogen-bond donors (Lipinski definition) is 2. The highest BCUT2D eigenvalue weighted by Crippen LogP contribution is 2.23. The molecule has 0 atom stereocenters. The Morgan fingerprint density at radius 2 is 2.16 bits per heavy atom. The number of amides is 1. The van der Waals surface area contributed by atoms with Gasteiger partial charge in [0.15, 0.2) is 0 Å². The van der Waals surface area contributed by atoms with Crippen molar-refractivity contribution in [2.24, 2.45) is 0 Å². The van der Waals surface area contributed by atoms with Gasteiger partial charge in [-0.05, 0) is 12.1 Å². The summed E-state index contributed by atoms with van der Waals surface area (Å²) in [5.74, 6) is 0.712. The summed E-state index contributed by atoms with van der Waals surface area (Å²) in [4.78, 5) is 15.7. The van der Waals surface area contributed by atoms with E-state index < -0.39 is 0 Å². The van der Waals surface area contributed by atoms with Crippen molar-refractivity contribution in [1.82, 2.24) is 15.6 Å². The van der Waals surface area contributed by atoms with Gasteiger partial charge in [0, 0.05) is 19.0 Å². The van der Waals surface area contributed by atoms with Crippen LogP contribution in [0.3, 0.4) is 0 Å². The Hall–Kier alpha value is -2.14. The van der Waals surface area contributed by atoms with Crippen LogP contribution >= 0.6 is 0 Å². The van der Waals surface area contributed by atoms with Gasteiger partial charge in [0.05, 0.1) is 19.3 Å². The molecule has 2 aromatic rings. The van der Waals surface area contributed by atoms with Gasteiger partial charge in [0.1, 0.15) is 11.3 Å². The summed E-state index contributed by atoms with van der Waals surface area (Å²) < 4.78 is 5.30. The van der Waals surface area contributed by atoms with E-state index in [9.17, 15) is 4.79 Å². The van der Waals surface area contributed by atoms with E-state index in [0.717, 1.165) is 22.3 Å². The summed E-state index contributed by atoms with van der Waals surface area (Å²) in [6.45, 7) is 0.823. The number of hydrogen-bond acceptors (Lipinski definition) is 4. The maximum Gasteiger partial charge on any atom is 0.233 e. The molecule has 0 spiro atoms. The second-order valence-corrected chi connectivity index (χ2v) is 4.11. The molecule has 2 N–H and O–H groups in total. The molecule has 0 aliphatic heterocycles. The second kappa shape index (κ2) is 6.15. The third-order valence-electron chi connectivity index (χ3n) is 2.83. The first-order valence-corrected chi connectivity index (χ1v) is 6.08. The van der Waals surface area contributed by atoms with Crippen LogP contribution in [0, 0.1) is 0 Å². The number of fused-ring (bicyclic) bond motifs is 1. The number of carbonyl (C=O) groups is 1. The van der Waals surface area contributed by atoms with Crippen LogP contribution < -0.4 is 15.4 Å². The molecule has 0 aliphatic rings. The molecule has 1 amide bonds. The zero-order valence-electron chi connectivity index (χ0n) is 11.1. The number of nitrogens with one attached hydrogen (secondary N) is 2. The van der Waals surface area contributed by atoms with Gasteiger partial charge >= 0.3 is 0 Å². The predicted octanol–water partition coefficient (Wildman–Crippen LogP) is 1.08. The Kier molecular flexibility index (Phi) is 4.30. The summed E-state index contributed by atoms with van der Waals surface area (Å²) in [5.41, 5.74) is 1.71. The average Bonchev–Trinajstić information content (AvgIpc) is 2.46. The lowest BCUT2D eigenvalue weighted by Gasteiger charge is -2.07. The number of ether oxygens (including phenoxy) is 1. The van der Waals surface area contributed by atoms with E-state index in [0.29, 0.717) is 6.54 Å². The van der Waals surface area contributed by atoms with Gasteiger partial charge in [0.25, 0.3) is 0 Å². The quantitative estimate of drug-likeness (QED) is 0.843. The number of benzene rings is 1. The number of para-hydroxylation sites is 1. The minimum atomic E-state index is -0.0432. The van der Waals surface area contributed by atoms with Crippen molar-refractivity contribution in [1.29, 1.82) is 0 Å². The van der Waals surface area contributed by atoms with Gasteiger partial charge in [-0.3, -0.25) is 4.79 Å². The monoisotopic (exact) mass is 259 g/mol. The molecule has 5 nitrogen and oxygen atoms in total. The highest BCUT2D eigenvalue weighted by Gasteiger charge is 2.04. The summed E-state index contributed by atoms with van der Waals surface area (Å²) in [7, 11) is 3.25. The lowest BCUT2D eigenvalue weighted by molar-refractivity contribution is -0.119. The summed E-state index contributed by atoms with van der Waals surface area (Å²) in [6.07, 6.45) is 0. The van der Waals surface area contributed by atoms with E-state index in [1.165, 1.54) is 0 Å². The van der Waals surface area contributed by atoms with Gasteiger partial charge in [-0.2, -0.15) is 0 Å². The molecular weight excluding hydrogens is 242 g/mol. The number of likely N-dealkylation sites (N-methyl/N-ethyl adjacent to an activating group) is 1. The van der Waals surface area contributed by atoms with Crippen LogP contribution in [-0.4, -0.2) is 31.6 Å². The molecule has 0 aliphatic carbocycles. The molecule has 19 heavy (non-hydrogen) atoms. The predicted molar refractivity (Wildman–Crippen MR) is 74.1 cm³/mol. The van der Waals surface area contributed by atoms with Crippen molar-refractivity contribution in [2.45, 2.75) is 6.54 Å². The first-order chi connectivity index (χ1) is 9.24. The minimum absolute atomic E-state index is 0.0432. The van der Waals surface area contributed by atoms with Gasteiger partial charge in [-0.25, -0.2) is 4.98 Å². The van der Waals surface area contributed by atoms with Crippen molar-refractivity contribution in [3.63, 3.8) is 0 Å². The largest absolute Gasteiger partial charge is 0.494 e. The number of aromatic nitrogens is 1. The van der Waals surface area contributed by atoms with Crippen molar-refractivity contribution in [3.05, 3.63) is 36.0 Å². The van der Waals surface area contributed by atoms with Crippen LogP contribution in [0.5, 0.6) is 5.75 Å². The molecule has 5 heteroatoms. The highest BCUT2D eigenvalue weighted by molar-refractivity contribution is 5.84. The molecule has 0 fully saturated rings. The molecule has 0 radical (unpaired) electrons. The first kappa shape index (κ1) is 13.3. The summed E-state index contributed by atoms with van der Waals surface area (Å²) in [5, 5.41) is 6.63. The standard InChI is InChI=1S/C14H17N3O2/c1-15-13(18)9-16-8-11-7-6-10-4-3-5-12(19-2)14(10)17-11/h3-7,16H,8-9H2,1-2H3,(H,15,18). The van der Waals surface area contributed by atoms with Crippen LogP contribution in [0.2, 0.25) is 0 Å². The number of carbonyl (C=O) groups excluding carboxylic acids is 1. The highest BCUT2D eigenvalue weighted by atomic mass is 16.5. The molecule has 1 heterocycles. The molecule has 100 valence electrons. The molecule has 2 rings (SSSR count). The van der Waals surface area contributed by atoms with Crippen LogP contribution in [-0.2, 0) is 11.3 Å². The van der Waals surface area contributed by atoms with E-state index >= 15 is 0 Å². The van der Waals surface area contributed by atoms with Crippen LogP contribution in [0.25, 0.3) is 10.9 Å². The molecule has 0 saturated heterocycles. The van der Waals surface area contributed by atoms with E-state index in [-0.39, 0.29) is 12.5 Å². The Bertz CT molecular complexity index is 584. The smallest absolute Gasteiger partial charge is 0.233 e. The Balaban J connectivity index is 2.14. The maximum absolute atomic E-state index is 11.1. The second-order valence-electron chi connectivity index (χ2n) is 4.11. The van der Waals surface area contributed by atoms with Crippen LogP contribution in [0.15, 0.2) is 30.3 Å². The fourth-order valence-electron chi connectivity index (χ4n) is 1.82. The van der Waals surface area contributed by atoms with Crippen LogP contribution in [0.1, 0.15) is 5.69 Å². The number of methoxy groups -OCH3 is 1. The average molecular weight is 259 g/mol. The Labute approximate surface area is 112 Å². The zero-order chi connectivity index (χ0) is 13.7. The van der Waals surface area contributed by atoms with Gasteiger partial charge in [-0.1, -0.05) is 18.2 Å². The molecular formula is C14H17N3O2. The van der Waals surface area contributed by atoms with E-state index in [2.05, 4.69) is 15.6 Å². The first-order valence-electron chi connectivity index (χ1n) is 6.08. The fraction of sp³-hybridized carbons (Fsp3) is 0.286. The number of nitrogens with zero attached hydrogens (tertiary/aromatic N) is 1. The van der Waals surface area contributed by atoms with E-state index in [1.807, 2.05) is 30.3 Å². The minimum Gasteiger partial charge on any atom is -0.494 e. The summed E-state index contributed by atoms with van der Waals surface area (Å²) >= 11 is 0. The van der Waals surface area contributed by atoms with E-state index in [4.69, 9.17) is 4.74 Å². The molecule has 0 saturated carbocycles. The molecule has 1 aromatic heterocycles. The third kappa shape index (κ3) is 3.20. The third-order valence-corrected chi connectivity index (χ3v) is 2.83. The number of pyridine rings is 1. The van der Waals surface area contributed by atoms with Crippen molar-refractivity contribution >= 4 is 16.8 Å². The SMILES string of the molecule is CNC(=O)CNCc1ccc2cccc(OC)c2n1. The van der Waals surface area contributed by atoms with Gasteiger partial charge in [-0.15, -0.1) is 0 Å². The van der Waals surface area contributed by atoms with Crippen molar-refractivity contribution in [3.8, 4) is 5.75 Å². The molecule has 0 unspecified atom stereocenters. The fourth-order valence-corrected chi connectivity index (χ4v) is 1.82. The van der Waals surface area contributed by atoms with Gasteiger partial charge < -0.3 is 15.4 Å². The van der Waals surface area contributed by atoms with Gasteiger partial charge in [0.2, 0.25) is 5.91 Å². The van der Waals surface area contributed by atoms with Crippen molar-refractivity contribution in [2.75, 3.05) is 20.7 Å². The molecule has 1 aromatic carbocycles. The zero-order valence-corrected chi connectivity index (χ0v) is 11.1.